The molecule has 1 amide bonds. The van der Waals surface area contributed by atoms with Gasteiger partial charge in [0.25, 0.3) is 7.82 Å². The SMILES string of the molecule is CCCCCCC/C=C\C/C=C\C/C=C\CCCCCCCCCCCCCCCCCCCCCCCCCCC(=O)NC(COP(=O)([O-])OCC[N+](C)(C)C)C(O)/C=C/CC/C=C/CCCCCCC. The van der Waals surface area contributed by atoms with Crippen LogP contribution < -0.4 is 10.2 Å². The van der Waals surface area contributed by atoms with E-state index < -0.39 is 26.6 Å². The molecule has 9 heteroatoms. The second-order valence-electron chi connectivity index (χ2n) is 22.0. The zero-order valence-electron chi connectivity index (χ0n) is 48.1. The van der Waals surface area contributed by atoms with Gasteiger partial charge < -0.3 is 28.8 Å². The number of amides is 1. The van der Waals surface area contributed by atoms with E-state index in [1.54, 1.807) is 6.08 Å². The van der Waals surface area contributed by atoms with Gasteiger partial charge in [-0.25, -0.2) is 0 Å². The topological polar surface area (TPSA) is 108 Å². The maximum Gasteiger partial charge on any atom is 0.268 e. The molecule has 0 saturated heterocycles. The van der Waals surface area contributed by atoms with Gasteiger partial charge in [0.15, 0.2) is 0 Å². The van der Waals surface area contributed by atoms with Crippen LogP contribution in [0.25, 0.3) is 0 Å². The van der Waals surface area contributed by atoms with Crippen LogP contribution in [0.4, 0.5) is 0 Å². The number of aliphatic hydroxyl groups is 1. The van der Waals surface area contributed by atoms with Crippen molar-refractivity contribution in [2.75, 3.05) is 40.9 Å². The number of unbranched alkanes of at least 4 members (excludes halogenated alkanes) is 35. The molecular formula is C63H119N2O6P. The Morgan fingerprint density at radius 3 is 1.22 bits per heavy atom. The zero-order valence-corrected chi connectivity index (χ0v) is 49.0. The fourth-order valence-electron chi connectivity index (χ4n) is 8.88. The van der Waals surface area contributed by atoms with Gasteiger partial charge in [-0.3, -0.25) is 9.36 Å². The van der Waals surface area contributed by atoms with Crippen molar-refractivity contribution in [3.63, 3.8) is 0 Å². The lowest BCUT2D eigenvalue weighted by Crippen LogP contribution is -2.45. The van der Waals surface area contributed by atoms with Gasteiger partial charge >= 0.3 is 0 Å². The van der Waals surface area contributed by atoms with E-state index in [0.29, 0.717) is 17.4 Å². The number of aliphatic hydroxyl groups excluding tert-OH is 1. The molecule has 8 nitrogen and oxygen atoms in total. The summed E-state index contributed by atoms with van der Waals surface area (Å²) in [6, 6.07) is -0.901. The standard InChI is InChI=1S/C63H119N2O6P/c1-6-8-10-12-14-16-18-19-20-21-22-23-24-25-26-27-28-29-30-31-32-33-34-35-36-37-38-39-40-41-42-43-44-45-47-49-51-53-55-57-63(67)64-61(60-71-72(68,69)70-59-58-65(3,4)5)62(66)56-54-52-50-48-46-17-15-13-11-9-7-2/h18-19,21-22,24-25,46,48,54,56,61-62,66H,6-17,20,23,26-45,47,49-53,55,57-60H2,1-5H3,(H-,64,67,68,69)/b19-18-,22-21-,25-24-,48-46+,56-54+. The summed E-state index contributed by atoms with van der Waals surface area (Å²) in [5.41, 5.74) is 0. The molecule has 0 aromatic carbocycles. The average molecular weight is 1030 g/mol. The number of hydrogen-bond donors (Lipinski definition) is 2. The van der Waals surface area contributed by atoms with Crippen LogP contribution in [0.15, 0.2) is 60.8 Å². The number of quaternary nitrogens is 1. The van der Waals surface area contributed by atoms with E-state index in [1.165, 1.54) is 212 Å². The Hall–Kier alpha value is -1.80. The van der Waals surface area contributed by atoms with E-state index in [4.69, 9.17) is 9.05 Å². The summed E-state index contributed by atoms with van der Waals surface area (Å²) >= 11 is 0. The van der Waals surface area contributed by atoms with Gasteiger partial charge in [0.2, 0.25) is 5.91 Å². The normalized spacial score (nSPS) is 14.3. The van der Waals surface area contributed by atoms with Crippen LogP contribution in [0.5, 0.6) is 0 Å². The van der Waals surface area contributed by atoms with Crippen molar-refractivity contribution in [3.05, 3.63) is 60.8 Å². The van der Waals surface area contributed by atoms with Gasteiger partial charge in [-0.05, 0) is 70.6 Å². The van der Waals surface area contributed by atoms with Gasteiger partial charge in [0.1, 0.15) is 13.2 Å². The highest BCUT2D eigenvalue weighted by atomic mass is 31.2. The monoisotopic (exact) mass is 1030 g/mol. The maximum atomic E-state index is 12.9. The Morgan fingerprint density at radius 1 is 0.486 bits per heavy atom. The number of phosphoric ester groups is 1. The molecule has 0 radical (unpaired) electrons. The molecule has 0 fully saturated rings. The third kappa shape index (κ3) is 55.9. The Bertz CT molecular complexity index is 1360. The van der Waals surface area contributed by atoms with Crippen LogP contribution in [0.3, 0.4) is 0 Å². The molecule has 72 heavy (non-hydrogen) atoms. The smallest absolute Gasteiger partial charge is 0.268 e. The number of nitrogens with one attached hydrogen (secondary N) is 1. The third-order valence-electron chi connectivity index (χ3n) is 13.7. The van der Waals surface area contributed by atoms with Crippen LogP contribution in [-0.2, 0) is 18.4 Å². The third-order valence-corrected chi connectivity index (χ3v) is 14.7. The lowest BCUT2D eigenvalue weighted by atomic mass is 10.0. The largest absolute Gasteiger partial charge is 0.756 e. The van der Waals surface area contributed by atoms with Crippen molar-refractivity contribution in [1.29, 1.82) is 0 Å². The molecule has 422 valence electrons. The predicted octanol–water partition coefficient (Wildman–Crippen LogP) is 18.2. The highest BCUT2D eigenvalue weighted by molar-refractivity contribution is 7.45. The van der Waals surface area contributed by atoms with Crippen LogP contribution in [0, 0.1) is 0 Å². The molecular weight excluding hydrogens is 912 g/mol. The number of phosphoric acid groups is 1. The summed E-state index contributed by atoms with van der Waals surface area (Å²) in [4.78, 5) is 25.4. The fraction of sp³-hybridized carbons (Fsp3) is 0.825. The first kappa shape index (κ1) is 70.2. The molecule has 2 N–H and O–H groups in total. The van der Waals surface area contributed by atoms with Crippen LogP contribution in [0.1, 0.15) is 284 Å². The molecule has 0 spiro atoms. The average Bonchev–Trinajstić information content (AvgIpc) is 3.34. The van der Waals surface area contributed by atoms with E-state index >= 15 is 0 Å². The van der Waals surface area contributed by atoms with E-state index in [0.717, 1.165) is 51.4 Å². The first-order valence-corrected chi connectivity index (χ1v) is 32.1. The highest BCUT2D eigenvalue weighted by Crippen LogP contribution is 2.38. The lowest BCUT2D eigenvalue weighted by Gasteiger charge is -2.29. The van der Waals surface area contributed by atoms with Crippen molar-refractivity contribution < 1.29 is 32.9 Å². The van der Waals surface area contributed by atoms with Crippen LogP contribution >= 0.6 is 7.82 Å². The van der Waals surface area contributed by atoms with Gasteiger partial charge in [-0.2, -0.15) is 0 Å². The second kappa shape index (κ2) is 54.0. The summed E-state index contributed by atoms with van der Waals surface area (Å²) in [6.45, 7) is 4.60. The van der Waals surface area contributed by atoms with E-state index in [-0.39, 0.29) is 12.5 Å². The predicted molar refractivity (Wildman–Crippen MR) is 311 cm³/mol. The lowest BCUT2D eigenvalue weighted by molar-refractivity contribution is -0.870. The van der Waals surface area contributed by atoms with Crippen molar-refractivity contribution in [2.24, 2.45) is 0 Å². The van der Waals surface area contributed by atoms with Crippen LogP contribution in [-0.4, -0.2) is 68.5 Å². The first-order chi connectivity index (χ1) is 35.0. The number of nitrogens with zero attached hydrogens (tertiary/aromatic N) is 1. The molecule has 0 rings (SSSR count). The van der Waals surface area contributed by atoms with Crippen molar-refractivity contribution in [1.82, 2.24) is 5.32 Å². The molecule has 0 aliphatic heterocycles. The minimum Gasteiger partial charge on any atom is -0.756 e. The summed E-state index contributed by atoms with van der Waals surface area (Å²) < 4.78 is 23.2. The van der Waals surface area contributed by atoms with Crippen molar-refractivity contribution in [3.8, 4) is 0 Å². The molecule has 3 atom stereocenters. The van der Waals surface area contributed by atoms with Crippen molar-refractivity contribution >= 4 is 13.7 Å². The van der Waals surface area contributed by atoms with Crippen LogP contribution in [0.2, 0.25) is 0 Å². The van der Waals surface area contributed by atoms with E-state index in [1.807, 2.05) is 27.2 Å². The Kier molecular flexibility index (Phi) is 52.7. The summed E-state index contributed by atoms with van der Waals surface area (Å²) in [7, 11) is 1.25. The number of carbonyl (C=O) groups excluding carboxylic acids is 1. The molecule has 0 bridgehead atoms. The van der Waals surface area contributed by atoms with E-state index in [9.17, 15) is 19.4 Å². The second-order valence-corrected chi connectivity index (χ2v) is 23.5. The van der Waals surface area contributed by atoms with Gasteiger partial charge in [-0.15, -0.1) is 0 Å². The maximum absolute atomic E-state index is 12.9. The number of likely N-dealkylation sites (N-methyl/N-ethyl adjacent to an activating group) is 1. The first-order valence-electron chi connectivity index (χ1n) is 30.7. The fourth-order valence-corrected chi connectivity index (χ4v) is 9.61. The number of allylic oxidation sites excluding steroid dienone is 9. The summed E-state index contributed by atoms with van der Waals surface area (Å²) in [6.07, 6.45) is 73.5. The molecule has 3 unspecified atom stereocenters. The molecule has 0 aliphatic rings. The molecule has 0 aromatic rings. The quantitative estimate of drug-likeness (QED) is 0.0272. The Labute approximate surface area is 447 Å². The van der Waals surface area contributed by atoms with E-state index in [2.05, 4.69) is 67.8 Å². The minimum atomic E-state index is -4.60. The van der Waals surface area contributed by atoms with Gasteiger partial charge in [0, 0.05) is 6.42 Å². The Balaban J connectivity index is 3.86. The molecule has 0 aliphatic carbocycles. The Morgan fingerprint density at radius 2 is 0.819 bits per heavy atom. The molecule has 0 heterocycles. The van der Waals surface area contributed by atoms with Gasteiger partial charge in [-0.1, -0.05) is 267 Å². The minimum absolute atomic E-state index is 0.00621. The van der Waals surface area contributed by atoms with Gasteiger partial charge in [0.05, 0.1) is 39.9 Å². The molecule has 0 saturated carbocycles. The summed E-state index contributed by atoms with van der Waals surface area (Å²) in [5.74, 6) is -0.206. The molecule has 0 aromatic heterocycles. The highest BCUT2D eigenvalue weighted by Gasteiger charge is 2.23. The number of rotatable bonds is 56. The number of carbonyl (C=O) groups is 1. The number of hydrogen-bond acceptors (Lipinski definition) is 6. The summed E-state index contributed by atoms with van der Waals surface area (Å²) in [5, 5.41) is 13.8. The van der Waals surface area contributed by atoms with Crippen molar-refractivity contribution in [2.45, 2.75) is 296 Å². The zero-order chi connectivity index (χ0) is 52.7.